The molecule has 1 amide bonds. The predicted octanol–water partition coefficient (Wildman–Crippen LogP) is 4.43. The average molecular weight is 415 g/mol. The highest BCUT2D eigenvalue weighted by Gasteiger charge is 2.14. The SMILES string of the molecule is CCN(Cc1ccccc1)C(=O)CSc1nnc(Nc2ccc(OC)cc2)s1. The fourth-order valence-electron chi connectivity index (χ4n) is 2.51. The minimum absolute atomic E-state index is 0.0937. The van der Waals surface area contributed by atoms with Crippen LogP contribution in [0.1, 0.15) is 12.5 Å². The molecule has 0 aliphatic carbocycles. The van der Waals surface area contributed by atoms with Gasteiger partial charge in [0.2, 0.25) is 11.0 Å². The summed E-state index contributed by atoms with van der Waals surface area (Å²) in [5.41, 5.74) is 2.04. The summed E-state index contributed by atoms with van der Waals surface area (Å²) >= 11 is 2.84. The predicted molar refractivity (Wildman–Crippen MR) is 114 cm³/mol. The van der Waals surface area contributed by atoms with E-state index in [9.17, 15) is 4.79 Å². The number of thioether (sulfide) groups is 1. The molecule has 0 saturated heterocycles. The Bertz CT molecular complexity index is 885. The number of hydrogen-bond donors (Lipinski definition) is 1. The van der Waals surface area contributed by atoms with Crippen molar-refractivity contribution >= 4 is 39.8 Å². The fraction of sp³-hybridized carbons (Fsp3) is 0.250. The summed E-state index contributed by atoms with van der Waals surface area (Å²) in [5.74, 6) is 1.24. The summed E-state index contributed by atoms with van der Waals surface area (Å²) in [7, 11) is 1.64. The Kier molecular flexibility index (Phi) is 7.27. The lowest BCUT2D eigenvalue weighted by atomic mass is 10.2. The summed E-state index contributed by atoms with van der Waals surface area (Å²) in [4.78, 5) is 14.4. The first-order chi connectivity index (χ1) is 13.7. The molecule has 0 spiro atoms. The van der Waals surface area contributed by atoms with Crippen molar-refractivity contribution < 1.29 is 9.53 Å². The molecule has 1 N–H and O–H groups in total. The third kappa shape index (κ3) is 5.71. The maximum Gasteiger partial charge on any atom is 0.233 e. The van der Waals surface area contributed by atoms with Gasteiger partial charge in [-0.1, -0.05) is 53.4 Å². The average Bonchev–Trinajstić information content (AvgIpc) is 3.19. The van der Waals surface area contributed by atoms with Gasteiger partial charge in [0.15, 0.2) is 4.34 Å². The first kappa shape index (κ1) is 20.2. The van der Waals surface area contributed by atoms with E-state index in [1.807, 2.05) is 66.4 Å². The summed E-state index contributed by atoms with van der Waals surface area (Å²) in [6, 6.07) is 17.6. The van der Waals surface area contributed by atoms with Crippen molar-refractivity contribution in [2.24, 2.45) is 0 Å². The molecule has 0 unspecified atom stereocenters. The monoisotopic (exact) mass is 414 g/mol. The van der Waals surface area contributed by atoms with E-state index in [0.717, 1.165) is 21.3 Å². The Morgan fingerprint density at radius 2 is 1.89 bits per heavy atom. The molecule has 0 fully saturated rings. The maximum atomic E-state index is 12.5. The number of methoxy groups -OCH3 is 1. The second kappa shape index (κ2) is 10.1. The van der Waals surface area contributed by atoms with E-state index in [4.69, 9.17) is 4.74 Å². The zero-order chi connectivity index (χ0) is 19.8. The van der Waals surface area contributed by atoms with Crippen LogP contribution in [-0.2, 0) is 11.3 Å². The van der Waals surface area contributed by atoms with Crippen LogP contribution in [0.3, 0.4) is 0 Å². The number of nitrogens with one attached hydrogen (secondary N) is 1. The molecular formula is C20H22N4O2S2. The second-order valence-corrected chi connectivity index (χ2v) is 8.11. The van der Waals surface area contributed by atoms with Crippen molar-refractivity contribution in [2.45, 2.75) is 17.8 Å². The number of ether oxygens (including phenoxy) is 1. The molecule has 1 aromatic heterocycles. The highest BCUT2D eigenvalue weighted by atomic mass is 32.2. The van der Waals surface area contributed by atoms with E-state index in [0.29, 0.717) is 24.0 Å². The highest BCUT2D eigenvalue weighted by molar-refractivity contribution is 8.01. The zero-order valence-corrected chi connectivity index (χ0v) is 17.4. The van der Waals surface area contributed by atoms with Crippen LogP contribution in [0.2, 0.25) is 0 Å². The molecule has 6 nitrogen and oxygen atoms in total. The van der Waals surface area contributed by atoms with Gasteiger partial charge in [-0.3, -0.25) is 4.79 Å². The Hall–Kier alpha value is -2.58. The van der Waals surface area contributed by atoms with Crippen molar-refractivity contribution in [1.82, 2.24) is 15.1 Å². The summed E-state index contributed by atoms with van der Waals surface area (Å²) in [6.07, 6.45) is 0. The third-order valence-corrected chi connectivity index (χ3v) is 5.97. The van der Waals surface area contributed by atoms with Gasteiger partial charge in [-0.2, -0.15) is 0 Å². The molecule has 0 saturated carbocycles. The van der Waals surface area contributed by atoms with Gasteiger partial charge in [0.05, 0.1) is 12.9 Å². The molecule has 3 rings (SSSR count). The molecular weight excluding hydrogens is 392 g/mol. The molecule has 0 bridgehead atoms. The maximum absolute atomic E-state index is 12.5. The minimum atomic E-state index is 0.0937. The number of hydrogen-bond acceptors (Lipinski definition) is 7. The van der Waals surface area contributed by atoms with Gasteiger partial charge in [-0.25, -0.2) is 0 Å². The van der Waals surface area contributed by atoms with Crippen molar-refractivity contribution in [1.29, 1.82) is 0 Å². The topological polar surface area (TPSA) is 67.4 Å². The Morgan fingerprint density at radius 3 is 2.57 bits per heavy atom. The van der Waals surface area contributed by atoms with Crippen molar-refractivity contribution in [3.63, 3.8) is 0 Å². The number of nitrogens with zero attached hydrogens (tertiary/aromatic N) is 3. The fourth-order valence-corrected chi connectivity index (χ4v) is 4.19. The van der Waals surface area contributed by atoms with Crippen LogP contribution in [0, 0.1) is 0 Å². The molecule has 0 atom stereocenters. The van der Waals surface area contributed by atoms with E-state index in [-0.39, 0.29) is 5.91 Å². The van der Waals surface area contributed by atoms with Gasteiger partial charge in [-0.15, -0.1) is 10.2 Å². The number of amides is 1. The standard InChI is InChI=1S/C20H22N4O2S2/c1-3-24(13-15-7-5-4-6-8-15)18(25)14-27-20-23-22-19(28-20)21-16-9-11-17(26-2)12-10-16/h4-12H,3,13-14H2,1-2H3,(H,21,22). The van der Waals surface area contributed by atoms with Crippen LogP contribution >= 0.6 is 23.1 Å². The van der Waals surface area contributed by atoms with Crippen LogP contribution in [-0.4, -0.2) is 40.4 Å². The zero-order valence-electron chi connectivity index (χ0n) is 15.8. The third-order valence-electron chi connectivity index (χ3n) is 4.02. The number of carbonyl (C=O) groups excluding carboxylic acids is 1. The number of aromatic nitrogens is 2. The molecule has 0 aliphatic rings. The minimum Gasteiger partial charge on any atom is -0.497 e. The number of rotatable bonds is 9. The first-order valence-electron chi connectivity index (χ1n) is 8.87. The van der Waals surface area contributed by atoms with Gasteiger partial charge in [0, 0.05) is 18.8 Å². The molecule has 28 heavy (non-hydrogen) atoms. The Balaban J connectivity index is 1.52. The van der Waals surface area contributed by atoms with Gasteiger partial charge in [0.25, 0.3) is 0 Å². The normalized spacial score (nSPS) is 10.5. The van der Waals surface area contributed by atoms with Gasteiger partial charge in [0.1, 0.15) is 5.75 Å². The van der Waals surface area contributed by atoms with Crippen molar-refractivity contribution in [2.75, 3.05) is 24.7 Å². The van der Waals surface area contributed by atoms with Crippen LogP contribution in [0.15, 0.2) is 58.9 Å². The van der Waals surface area contributed by atoms with E-state index in [1.165, 1.54) is 23.1 Å². The van der Waals surface area contributed by atoms with Gasteiger partial charge in [-0.05, 0) is 36.8 Å². The van der Waals surface area contributed by atoms with E-state index in [2.05, 4.69) is 15.5 Å². The van der Waals surface area contributed by atoms with Crippen LogP contribution in [0.25, 0.3) is 0 Å². The molecule has 146 valence electrons. The van der Waals surface area contributed by atoms with E-state index < -0.39 is 0 Å². The lowest BCUT2D eigenvalue weighted by Crippen LogP contribution is -2.31. The van der Waals surface area contributed by atoms with Crippen LogP contribution < -0.4 is 10.1 Å². The summed E-state index contributed by atoms with van der Waals surface area (Å²) in [5, 5.41) is 12.2. The molecule has 3 aromatic rings. The van der Waals surface area contributed by atoms with Crippen LogP contribution in [0.4, 0.5) is 10.8 Å². The molecule has 0 radical (unpaired) electrons. The van der Waals surface area contributed by atoms with Crippen LogP contribution in [0.5, 0.6) is 5.75 Å². The lowest BCUT2D eigenvalue weighted by molar-refractivity contribution is -0.128. The van der Waals surface area contributed by atoms with Gasteiger partial charge >= 0.3 is 0 Å². The molecule has 1 heterocycles. The highest BCUT2D eigenvalue weighted by Crippen LogP contribution is 2.28. The number of anilines is 2. The summed E-state index contributed by atoms with van der Waals surface area (Å²) in [6.45, 7) is 3.29. The number of carbonyl (C=O) groups is 1. The largest absolute Gasteiger partial charge is 0.497 e. The smallest absolute Gasteiger partial charge is 0.233 e. The molecule has 8 heteroatoms. The second-order valence-electron chi connectivity index (χ2n) is 5.91. The van der Waals surface area contributed by atoms with Gasteiger partial charge < -0.3 is 15.0 Å². The van der Waals surface area contributed by atoms with E-state index in [1.54, 1.807) is 7.11 Å². The Labute approximate surface area is 172 Å². The first-order valence-corrected chi connectivity index (χ1v) is 10.7. The lowest BCUT2D eigenvalue weighted by Gasteiger charge is -2.20. The Morgan fingerprint density at radius 1 is 1.14 bits per heavy atom. The quantitative estimate of drug-likeness (QED) is 0.523. The summed E-state index contributed by atoms with van der Waals surface area (Å²) < 4.78 is 5.92. The molecule has 2 aromatic carbocycles. The molecule has 0 aliphatic heterocycles. The van der Waals surface area contributed by atoms with Crippen molar-refractivity contribution in [3.8, 4) is 5.75 Å². The number of benzene rings is 2. The van der Waals surface area contributed by atoms with Crippen molar-refractivity contribution in [3.05, 3.63) is 60.2 Å². The van der Waals surface area contributed by atoms with E-state index >= 15 is 0 Å².